The number of halogens is 1. The fraction of sp³-hybridized carbons (Fsp3) is 0.111. The third kappa shape index (κ3) is 7.11. The lowest BCUT2D eigenvalue weighted by Crippen LogP contribution is -2.19. The summed E-state index contributed by atoms with van der Waals surface area (Å²) in [4.78, 5) is 12.0. The highest BCUT2D eigenvalue weighted by molar-refractivity contribution is 7.99. The highest BCUT2D eigenvalue weighted by Crippen LogP contribution is 2.19. The van der Waals surface area contributed by atoms with Crippen LogP contribution in [0.5, 0.6) is 5.75 Å². The molecule has 0 aromatic heterocycles. The van der Waals surface area contributed by atoms with E-state index in [1.807, 2.05) is 60.7 Å². The van der Waals surface area contributed by atoms with Crippen LogP contribution in [0.3, 0.4) is 0 Å². The second-order valence-corrected chi connectivity index (χ2v) is 8.88. The topological polar surface area (TPSA) is 50.7 Å². The van der Waals surface area contributed by atoms with Gasteiger partial charge in [-0.1, -0.05) is 60.1 Å². The van der Waals surface area contributed by atoms with E-state index in [-0.39, 0.29) is 5.91 Å². The first-order chi connectivity index (χ1) is 16.2. The van der Waals surface area contributed by atoms with Crippen LogP contribution in [-0.4, -0.2) is 17.9 Å². The van der Waals surface area contributed by atoms with E-state index in [9.17, 15) is 4.79 Å². The first kappa shape index (κ1) is 22.9. The Hall–Kier alpha value is -3.28. The van der Waals surface area contributed by atoms with Gasteiger partial charge in [0.15, 0.2) is 0 Å². The second kappa shape index (κ2) is 11.5. The van der Waals surface area contributed by atoms with Crippen molar-refractivity contribution in [3.8, 4) is 5.75 Å². The molecule has 0 saturated carbocycles. The van der Waals surface area contributed by atoms with E-state index in [1.54, 1.807) is 6.21 Å². The zero-order valence-corrected chi connectivity index (χ0v) is 19.5. The van der Waals surface area contributed by atoms with Crippen molar-refractivity contribution in [1.29, 1.82) is 0 Å². The Labute approximate surface area is 202 Å². The Balaban J connectivity index is 1.20. The summed E-state index contributed by atoms with van der Waals surface area (Å²) in [5.41, 5.74) is 5.64. The van der Waals surface area contributed by atoms with Gasteiger partial charge in [0.2, 0.25) is 5.91 Å². The minimum Gasteiger partial charge on any atom is -0.489 e. The number of ether oxygens (including phenoxy) is 1. The van der Waals surface area contributed by atoms with Gasteiger partial charge in [0.1, 0.15) is 12.4 Å². The number of thioether (sulfide) groups is 1. The predicted molar refractivity (Wildman–Crippen MR) is 138 cm³/mol. The molecule has 4 rings (SSSR count). The van der Waals surface area contributed by atoms with E-state index in [0.717, 1.165) is 28.2 Å². The fourth-order valence-corrected chi connectivity index (χ4v) is 4.22. The molecule has 33 heavy (non-hydrogen) atoms. The lowest BCUT2D eigenvalue weighted by Gasteiger charge is -2.07. The summed E-state index contributed by atoms with van der Waals surface area (Å²) in [5.74, 6) is 1.68. The summed E-state index contributed by atoms with van der Waals surface area (Å²) in [6.45, 7) is 0.501. The van der Waals surface area contributed by atoms with Crippen molar-refractivity contribution in [1.82, 2.24) is 5.43 Å². The van der Waals surface area contributed by atoms with Crippen LogP contribution in [0.4, 0.5) is 0 Å². The van der Waals surface area contributed by atoms with Gasteiger partial charge >= 0.3 is 0 Å². The van der Waals surface area contributed by atoms with Gasteiger partial charge in [-0.25, -0.2) is 5.43 Å². The van der Waals surface area contributed by atoms with E-state index in [4.69, 9.17) is 16.3 Å². The molecule has 0 radical (unpaired) electrons. The van der Waals surface area contributed by atoms with Crippen molar-refractivity contribution >= 4 is 46.3 Å². The normalized spacial score (nSPS) is 11.1. The van der Waals surface area contributed by atoms with Gasteiger partial charge in [-0.15, -0.1) is 11.8 Å². The Kier molecular flexibility index (Phi) is 8.01. The van der Waals surface area contributed by atoms with Crippen molar-refractivity contribution in [2.75, 3.05) is 5.75 Å². The van der Waals surface area contributed by atoms with E-state index in [2.05, 4.69) is 40.9 Å². The van der Waals surface area contributed by atoms with Crippen molar-refractivity contribution in [2.45, 2.75) is 12.4 Å². The van der Waals surface area contributed by atoms with Gasteiger partial charge in [-0.2, -0.15) is 5.10 Å². The summed E-state index contributed by atoms with van der Waals surface area (Å²) in [7, 11) is 0. The molecule has 0 aliphatic rings. The minimum absolute atomic E-state index is 0.145. The Bertz CT molecular complexity index is 1260. The van der Waals surface area contributed by atoms with Crippen molar-refractivity contribution in [3.05, 3.63) is 113 Å². The molecule has 0 bridgehead atoms. The molecular weight excluding hydrogens is 452 g/mol. The van der Waals surface area contributed by atoms with Crippen molar-refractivity contribution in [3.63, 3.8) is 0 Å². The molecule has 0 spiro atoms. The molecule has 166 valence electrons. The summed E-state index contributed by atoms with van der Waals surface area (Å²) < 4.78 is 5.90. The number of benzene rings is 4. The fourth-order valence-electron chi connectivity index (χ4n) is 3.24. The average Bonchev–Trinajstić information content (AvgIpc) is 2.83. The van der Waals surface area contributed by atoms with Gasteiger partial charge in [-0.3, -0.25) is 4.79 Å². The summed E-state index contributed by atoms with van der Waals surface area (Å²) in [6.07, 6.45) is 1.62. The number of amides is 1. The number of nitrogens with one attached hydrogen (secondary N) is 1. The monoisotopic (exact) mass is 474 g/mol. The maximum absolute atomic E-state index is 12.0. The average molecular weight is 475 g/mol. The molecule has 1 N–H and O–H groups in total. The lowest BCUT2D eigenvalue weighted by molar-refractivity contribution is -0.118. The van der Waals surface area contributed by atoms with Gasteiger partial charge in [0, 0.05) is 10.8 Å². The maximum Gasteiger partial charge on any atom is 0.250 e. The molecule has 6 heteroatoms. The first-order valence-corrected chi connectivity index (χ1v) is 12.0. The zero-order chi connectivity index (χ0) is 22.9. The molecule has 4 aromatic rings. The Morgan fingerprint density at radius 2 is 1.73 bits per heavy atom. The number of hydrazone groups is 1. The highest BCUT2D eigenvalue weighted by Gasteiger charge is 2.02. The van der Waals surface area contributed by atoms with E-state index >= 15 is 0 Å². The number of carbonyl (C=O) groups excluding carboxylic acids is 1. The van der Waals surface area contributed by atoms with Crippen LogP contribution in [0, 0.1) is 0 Å². The third-order valence-electron chi connectivity index (χ3n) is 4.89. The largest absolute Gasteiger partial charge is 0.489 e. The molecule has 0 saturated heterocycles. The van der Waals surface area contributed by atoms with Crippen LogP contribution < -0.4 is 10.2 Å². The van der Waals surface area contributed by atoms with Gasteiger partial charge in [0.25, 0.3) is 0 Å². The smallest absolute Gasteiger partial charge is 0.250 e. The lowest BCUT2D eigenvalue weighted by atomic mass is 10.1. The highest BCUT2D eigenvalue weighted by atomic mass is 35.5. The van der Waals surface area contributed by atoms with Gasteiger partial charge in [-0.05, 0) is 69.9 Å². The zero-order valence-electron chi connectivity index (χ0n) is 17.9. The molecule has 0 fully saturated rings. The number of hydrogen-bond acceptors (Lipinski definition) is 4. The van der Waals surface area contributed by atoms with Crippen molar-refractivity contribution in [2.24, 2.45) is 5.10 Å². The van der Waals surface area contributed by atoms with Crippen LogP contribution in [0.1, 0.15) is 16.7 Å². The molecular formula is C27H23ClN2O2S. The van der Waals surface area contributed by atoms with Crippen LogP contribution in [0.25, 0.3) is 10.8 Å². The summed E-state index contributed by atoms with van der Waals surface area (Å²) in [5, 5.41) is 7.16. The summed E-state index contributed by atoms with van der Waals surface area (Å²) >= 11 is 7.49. The van der Waals surface area contributed by atoms with E-state index < -0.39 is 0 Å². The third-order valence-corrected chi connectivity index (χ3v) is 6.13. The first-order valence-electron chi connectivity index (χ1n) is 10.5. The molecule has 0 atom stereocenters. The predicted octanol–water partition coefficient (Wildman–Crippen LogP) is 6.46. The molecule has 4 nitrogen and oxygen atoms in total. The number of carbonyl (C=O) groups is 1. The molecule has 0 unspecified atom stereocenters. The summed E-state index contributed by atoms with van der Waals surface area (Å²) in [6, 6.07) is 29.8. The standard InChI is InChI=1S/C27H23ClN2O2S/c28-25-7-3-4-22(15-25)18-33-19-27(31)30-29-16-20-9-12-26(13-10-20)32-17-21-8-11-23-5-1-2-6-24(23)14-21/h1-16H,17-19H2,(H,30,31)/b29-16-. The van der Waals surface area contributed by atoms with Crippen LogP contribution in [0.2, 0.25) is 5.02 Å². The number of rotatable bonds is 9. The quantitative estimate of drug-likeness (QED) is 0.224. The maximum atomic E-state index is 12.0. The number of fused-ring (bicyclic) bond motifs is 1. The van der Waals surface area contributed by atoms with Gasteiger partial charge < -0.3 is 4.74 Å². The van der Waals surface area contributed by atoms with E-state index in [0.29, 0.717) is 17.4 Å². The van der Waals surface area contributed by atoms with Crippen LogP contribution in [-0.2, 0) is 17.2 Å². The second-order valence-electron chi connectivity index (χ2n) is 7.46. The van der Waals surface area contributed by atoms with Gasteiger partial charge in [0.05, 0.1) is 12.0 Å². The molecule has 4 aromatic carbocycles. The Morgan fingerprint density at radius 1 is 0.909 bits per heavy atom. The number of hydrogen-bond donors (Lipinski definition) is 1. The van der Waals surface area contributed by atoms with E-state index in [1.165, 1.54) is 22.5 Å². The molecule has 0 aliphatic carbocycles. The molecule has 1 amide bonds. The Morgan fingerprint density at radius 3 is 2.55 bits per heavy atom. The molecule has 0 aliphatic heterocycles. The SMILES string of the molecule is O=C(CSCc1cccc(Cl)c1)N/N=C\c1ccc(OCc2ccc3ccccc3c2)cc1. The van der Waals surface area contributed by atoms with Crippen LogP contribution in [0.15, 0.2) is 96.1 Å². The van der Waals surface area contributed by atoms with Crippen molar-refractivity contribution < 1.29 is 9.53 Å². The minimum atomic E-state index is -0.145. The van der Waals surface area contributed by atoms with Crippen LogP contribution >= 0.6 is 23.4 Å². The molecule has 0 heterocycles. The number of nitrogens with zero attached hydrogens (tertiary/aromatic N) is 1.